The van der Waals surface area contributed by atoms with Gasteiger partial charge in [0.2, 0.25) is 0 Å². The van der Waals surface area contributed by atoms with Crippen molar-refractivity contribution in [3.8, 4) is 5.75 Å². The highest BCUT2D eigenvalue weighted by Crippen LogP contribution is 2.28. The van der Waals surface area contributed by atoms with Crippen LogP contribution < -0.4 is 9.46 Å². The van der Waals surface area contributed by atoms with Gasteiger partial charge in [-0.3, -0.25) is 4.72 Å². The Balaban J connectivity index is 2.23. The van der Waals surface area contributed by atoms with Crippen LogP contribution in [0.1, 0.15) is 25.3 Å². The van der Waals surface area contributed by atoms with E-state index in [1.807, 2.05) is 12.1 Å². The first-order valence-corrected chi connectivity index (χ1v) is 9.27. The predicted molar refractivity (Wildman–Crippen MR) is 93.9 cm³/mol. The molecule has 0 fully saturated rings. The molecule has 4 nitrogen and oxygen atoms in total. The summed E-state index contributed by atoms with van der Waals surface area (Å²) in [6, 6.07) is 11.9. The standard InChI is InChI=1S/C17H20ClNO3S/c1-3-4-5-13-6-9-15(10-7-13)19-23(20,21)17-12-14(18)8-11-16(17)22-2/h6-12,19H,3-5H2,1-2H3. The summed E-state index contributed by atoms with van der Waals surface area (Å²) in [6.07, 6.45) is 3.24. The summed E-state index contributed by atoms with van der Waals surface area (Å²) in [5.41, 5.74) is 1.70. The topological polar surface area (TPSA) is 55.4 Å². The fourth-order valence-corrected chi connectivity index (χ4v) is 3.68. The van der Waals surface area contributed by atoms with Crippen LogP contribution >= 0.6 is 11.6 Å². The van der Waals surface area contributed by atoms with Gasteiger partial charge in [0, 0.05) is 10.7 Å². The number of aryl methyl sites for hydroxylation is 1. The second-order valence-corrected chi connectivity index (χ2v) is 7.29. The summed E-state index contributed by atoms with van der Waals surface area (Å²) in [5, 5.41) is 0.334. The second-order valence-electron chi connectivity index (χ2n) is 5.20. The third-order valence-electron chi connectivity index (χ3n) is 3.44. The van der Waals surface area contributed by atoms with Gasteiger partial charge in [-0.1, -0.05) is 37.1 Å². The van der Waals surface area contributed by atoms with Crippen molar-refractivity contribution in [1.29, 1.82) is 0 Å². The molecule has 0 unspecified atom stereocenters. The molecule has 0 heterocycles. The van der Waals surface area contributed by atoms with Gasteiger partial charge < -0.3 is 4.74 Å². The largest absolute Gasteiger partial charge is 0.495 e. The van der Waals surface area contributed by atoms with Crippen LogP contribution in [0.25, 0.3) is 0 Å². The summed E-state index contributed by atoms with van der Waals surface area (Å²) in [7, 11) is -2.35. The molecule has 0 aliphatic heterocycles. The number of sulfonamides is 1. The third-order valence-corrected chi connectivity index (χ3v) is 5.08. The molecule has 0 spiro atoms. The smallest absolute Gasteiger partial charge is 0.265 e. The quantitative estimate of drug-likeness (QED) is 0.797. The van der Waals surface area contributed by atoms with Gasteiger partial charge >= 0.3 is 0 Å². The first-order chi connectivity index (χ1) is 11.0. The van der Waals surface area contributed by atoms with E-state index >= 15 is 0 Å². The highest BCUT2D eigenvalue weighted by atomic mass is 35.5. The summed E-state index contributed by atoms with van der Waals surface area (Å²) in [5.74, 6) is 0.251. The third kappa shape index (κ3) is 4.62. The molecule has 0 aliphatic carbocycles. The maximum atomic E-state index is 12.5. The van der Waals surface area contributed by atoms with Gasteiger partial charge in [-0.05, 0) is 48.7 Å². The number of anilines is 1. The lowest BCUT2D eigenvalue weighted by Gasteiger charge is -2.12. The number of methoxy groups -OCH3 is 1. The Labute approximate surface area is 142 Å². The Bertz CT molecular complexity index is 758. The Morgan fingerprint density at radius 2 is 1.83 bits per heavy atom. The lowest BCUT2D eigenvalue weighted by Crippen LogP contribution is -2.14. The van der Waals surface area contributed by atoms with Gasteiger partial charge in [0.15, 0.2) is 0 Å². The average Bonchev–Trinajstić information content (AvgIpc) is 2.54. The minimum absolute atomic E-state index is 0.0163. The number of nitrogens with one attached hydrogen (secondary N) is 1. The van der Waals surface area contributed by atoms with Gasteiger partial charge in [0.1, 0.15) is 10.6 Å². The van der Waals surface area contributed by atoms with E-state index in [2.05, 4.69) is 11.6 Å². The molecule has 0 bridgehead atoms. The predicted octanol–water partition coefficient (Wildman–Crippen LogP) is 4.49. The van der Waals surface area contributed by atoms with E-state index in [1.54, 1.807) is 18.2 Å². The summed E-state index contributed by atoms with van der Waals surface area (Å²) < 4.78 is 32.7. The monoisotopic (exact) mass is 353 g/mol. The first-order valence-electron chi connectivity index (χ1n) is 7.41. The zero-order valence-electron chi connectivity index (χ0n) is 13.2. The van der Waals surface area contributed by atoms with E-state index in [0.29, 0.717) is 10.7 Å². The minimum atomic E-state index is -3.77. The molecule has 0 amide bonds. The Morgan fingerprint density at radius 1 is 1.13 bits per heavy atom. The van der Waals surface area contributed by atoms with Crippen LogP contribution in [0.15, 0.2) is 47.4 Å². The van der Waals surface area contributed by atoms with Gasteiger partial charge in [-0.15, -0.1) is 0 Å². The molecular formula is C17H20ClNO3S. The van der Waals surface area contributed by atoms with Crippen molar-refractivity contribution in [2.24, 2.45) is 0 Å². The van der Waals surface area contributed by atoms with E-state index < -0.39 is 10.0 Å². The Hall–Kier alpha value is -1.72. The molecule has 0 saturated carbocycles. The maximum Gasteiger partial charge on any atom is 0.265 e. The number of hydrogen-bond acceptors (Lipinski definition) is 3. The maximum absolute atomic E-state index is 12.5. The fourth-order valence-electron chi connectivity index (χ4n) is 2.19. The van der Waals surface area contributed by atoms with E-state index in [1.165, 1.54) is 24.8 Å². The molecule has 124 valence electrons. The molecule has 2 aromatic carbocycles. The highest BCUT2D eigenvalue weighted by Gasteiger charge is 2.20. The Kier molecular flexibility index (Phi) is 5.91. The average molecular weight is 354 g/mol. The summed E-state index contributed by atoms with van der Waals surface area (Å²) in [6.45, 7) is 2.14. The van der Waals surface area contributed by atoms with Crippen molar-refractivity contribution in [2.45, 2.75) is 31.1 Å². The van der Waals surface area contributed by atoms with Crippen LogP contribution in [0.5, 0.6) is 5.75 Å². The van der Waals surface area contributed by atoms with Crippen LogP contribution in [0.2, 0.25) is 5.02 Å². The van der Waals surface area contributed by atoms with Crippen LogP contribution in [0.3, 0.4) is 0 Å². The van der Waals surface area contributed by atoms with Crippen molar-refractivity contribution in [3.05, 3.63) is 53.1 Å². The van der Waals surface area contributed by atoms with E-state index in [0.717, 1.165) is 19.3 Å². The molecule has 1 N–H and O–H groups in total. The van der Waals surface area contributed by atoms with Gasteiger partial charge in [-0.2, -0.15) is 0 Å². The van der Waals surface area contributed by atoms with Crippen molar-refractivity contribution in [1.82, 2.24) is 0 Å². The summed E-state index contributed by atoms with van der Waals surface area (Å²) >= 11 is 5.90. The number of halogens is 1. The molecule has 6 heteroatoms. The van der Waals surface area contributed by atoms with E-state index in [9.17, 15) is 8.42 Å². The zero-order chi connectivity index (χ0) is 16.9. The van der Waals surface area contributed by atoms with Crippen molar-refractivity contribution >= 4 is 27.3 Å². The molecule has 0 aromatic heterocycles. The highest BCUT2D eigenvalue weighted by molar-refractivity contribution is 7.92. The van der Waals surface area contributed by atoms with E-state index in [-0.39, 0.29) is 10.6 Å². The summed E-state index contributed by atoms with van der Waals surface area (Å²) in [4.78, 5) is 0.0163. The van der Waals surface area contributed by atoms with Gasteiger partial charge in [0.05, 0.1) is 7.11 Å². The molecule has 0 aliphatic rings. The number of rotatable bonds is 7. The second kappa shape index (κ2) is 7.70. The van der Waals surface area contributed by atoms with Gasteiger partial charge in [0.25, 0.3) is 10.0 Å². The number of benzene rings is 2. The van der Waals surface area contributed by atoms with Crippen LogP contribution in [0, 0.1) is 0 Å². The van der Waals surface area contributed by atoms with Crippen molar-refractivity contribution < 1.29 is 13.2 Å². The molecule has 2 rings (SSSR count). The molecule has 2 aromatic rings. The van der Waals surface area contributed by atoms with Crippen molar-refractivity contribution in [3.63, 3.8) is 0 Å². The molecule has 0 saturated heterocycles. The number of unbranched alkanes of at least 4 members (excludes halogenated alkanes) is 1. The van der Waals surface area contributed by atoms with Crippen LogP contribution in [0.4, 0.5) is 5.69 Å². The minimum Gasteiger partial charge on any atom is -0.495 e. The van der Waals surface area contributed by atoms with E-state index in [4.69, 9.17) is 16.3 Å². The Morgan fingerprint density at radius 3 is 2.43 bits per heavy atom. The normalized spacial score (nSPS) is 11.3. The number of hydrogen-bond donors (Lipinski definition) is 1. The van der Waals surface area contributed by atoms with Crippen molar-refractivity contribution in [2.75, 3.05) is 11.8 Å². The fraction of sp³-hybridized carbons (Fsp3) is 0.294. The zero-order valence-corrected chi connectivity index (χ0v) is 14.7. The van der Waals surface area contributed by atoms with Gasteiger partial charge in [-0.25, -0.2) is 8.42 Å². The molecule has 23 heavy (non-hydrogen) atoms. The molecule has 0 atom stereocenters. The van der Waals surface area contributed by atoms with Crippen LogP contribution in [-0.2, 0) is 16.4 Å². The van der Waals surface area contributed by atoms with Crippen LogP contribution in [-0.4, -0.2) is 15.5 Å². The SMILES string of the molecule is CCCCc1ccc(NS(=O)(=O)c2cc(Cl)ccc2OC)cc1. The molecular weight excluding hydrogens is 334 g/mol. The molecule has 0 radical (unpaired) electrons. The lowest BCUT2D eigenvalue weighted by molar-refractivity contribution is 0.403. The lowest BCUT2D eigenvalue weighted by atomic mass is 10.1. The first kappa shape index (κ1) is 17.6. The number of ether oxygens (including phenoxy) is 1.